The first-order chi connectivity index (χ1) is 9.72. The largest absolute Gasteiger partial charge is 0.363 e. The van der Waals surface area contributed by atoms with E-state index in [4.69, 9.17) is 0 Å². The van der Waals surface area contributed by atoms with E-state index in [0.29, 0.717) is 12.5 Å². The minimum atomic E-state index is -0.118. The van der Waals surface area contributed by atoms with Crippen molar-refractivity contribution >= 4 is 17.8 Å². The molecule has 7 heteroatoms. The van der Waals surface area contributed by atoms with Gasteiger partial charge in [-0.2, -0.15) is 4.98 Å². The first kappa shape index (κ1) is 17.2. The van der Waals surface area contributed by atoms with Crippen LogP contribution in [-0.4, -0.2) is 81.2 Å². The van der Waals surface area contributed by atoms with Gasteiger partial charge < -0.3 is 14.7 Å². The number of hydrogen-bond acceptors (Lipinski definition) is 5. The monoisotopic (exact) mass is 294 g/mol. The van der Waals surface area contributed by atoms with Crippen LogP contribution in [0.5, 0.6) is 0 Å². The standard InChI is InChI=1S/C14H26N6O/c1-11-10-12(18(4)5)16-13(15-11)20(9-8-17(2)3)14(21)19(6)7/h10H,8-9H2,1-7H3. The van der Waals surface area contributed by atoms with Crippen LogP contribution in [0.25, 0.3) is 0 Å². The summed E-state index contributed by atoms with van der Waals surface area (Å²) in [4.78, 5) is 28.4. The molecule has 0 saturated heterocycles. The van der Waals surface area contributed by atoms with Crippen LogP contribution in [0.4, 0.5) is 16.6 Å². The van der Waals surface area contributed by atoms with E-state index in [0.717, 1.165) is 18.1 Å². The highest BCUT2D eigenvalue weighted by Crippen LogP contribution is 2.16. The molecule has 1 heterocycles. The molecule has 0 radical (unpaired) electrons. The first-order valence-electron chi connectivity index (χ1n) is 6.89. The maximum Gasteiger partial charge on any atom is 0.326 e. The first-order valence-corrected chi connectivity index (χ1v) is 6.89. The molecule has 0 saturated carbocycles. The molecule has 0 fully saturated rings. The van der Waals surface area contributed by atoms with Gasteiger partial charge in [-0.3, -0.25) is 4.90 Å². The highest BCUT2D eigenvalue weighted by atomic mass is 16.2. The Morgan fingerprint density at radius 1 is 1.05 bits per heavy atom. The molecule has 0 N–H and O–H groups in total. The van der Waals surface area contributed by atoms with Crippen LogP contribution >= 0.6 is 0 Å². The van der Waals surface area contributed by atoms with Gasteiger partial charge in [0.05, 0.1) is 0 Å². The zero-order valence-electron chi connectivity index (χ0n) is 14.1. The Kier molecular flexibility index (Phi) is 5.90. The number of carbonyl (C=O) groups is 1. The minimum absolute atomic E-state index is 0.118. The second-order valence-corrected chi connectivity index (χ2v) is 5.69. The molecule has 0 aromatic carbocycles. The summed E-state index contributed by atoms with van der Waals surface area (Å²) in [6, 6.07) is 1.78. The molecule has 0 bridgehead atoms. The number of nitrogens with zero attached hydrogens (tertiary/aromatic N) is 6. The van der Waals surface area contributed by atoms with Gasteiger partial charge in [-0.1, -0.05) is 0 Å². The highest BCUT2D eigenvalue weighted by molar-refractivity contribution is 5.90. The van der Waals surface area contributed by atoms with Gasteiger partial charge >= 0.3 is 6.03 Å². The fourth-order valence-electron chi connectivity index (χ4n) is 1.71. The maximum absolute atomic E-state index is 12.4. The van der Waals surface area contributed by atoms with Crippen LogP contribution in [0.2, 0.25) is 0 Å². The van der Waals surface area contributed by atoms with Crippen molar-refractivity contribution in [2.75, 3.05) is 65.2 Å². The minimum Gasteiger partial charge on any atom is -0.363 e. The molecule has 1 aromatic heterocycles. The molecule has 21 heavy (non-hydrogen) atoms. The smallest absolute Gasteiger partial charge is 0.326 e. The van der Waals surface area contributed by atoms with Gasteiger partial charge in [0, 0.05) is 53.0 Å². The number of carbonyl (C=O) groups excluding carboxylic acids is 1. The molecule has 0 aliphatic carbocycles. The van der Waals surface area contributed by atoms with Crippen LogP contribution in [0, 0.1) is 6.92 Å². The Bertz CT molecular complexity index is 486. The Morgan fingerprint density at radius 2 is 1.67 bits per heavy atom. The Hall–Kier alpha value is -1.89. The summed E-state index contributed by atoms with van der Waals surface area (Å²) in [5, 5.41) is 0. The summed E-state index contributed by atoms with van der Waals surface area (Å²) in [5.74, 6) is 1.23. The second kappa shape index (κ2) is 7.21. The summed E-state index contributed by atoms with van der Waals surface area (Å²) < 4.78 is 0. The van der Waals surface area contributed by atoms with Gasteiger partial charge in [0.25, 0.3) is 0 Å². The molecule has 0 unspecified atom stereocenters. The Balaban J connectivity index is 3.15. The fraction of sp³-hybridized carbons (Fsp3) is 0.643. The molecular weight excluding hydrogens is 268 g/mol. The third-order valence-corrected chi connectivity index (χ3v) is 2.91. The number of amides is 2. The summed E-state index contributed by atoms with van der Waals surface area (Å²) in [5.41, 5.74) is 0.838. The van der Waals surface area contributed by atoms with E-state index in [9.17, 15) is 4.79 Å². The van der Waals surface area contributed by atoms with Crippen molar-refractivity contribution in [3.8, 4) is 0 Å². The van der Waals surface area contributed by atoms with Gasteiger partial charge in [0.2, 0.25) is 5.95 Å². The Labute approximate surface area is 127 Å². The van der Waals surface area contributed by atoms with E-state index in [1.165, 1.54) is 4.90 Å². The highest BCUT2D eigenvalue weighted by Gasteiger charge is 2.21. The Morgan fingerprint density at radius 3 is 2.14 bits per heavy atom. The SMILES string of the molecule is Cc1cc(N(C)C)nc(N(CCN(C)C)C(=O)N(C)C)n1. The van der Waals surface area contributed by atoms with E-state index in [2.05, 4.69) is 9.97 Å². The van der Waals surface area contributed by atoms with Gasteiger partial charge in [-0.15, -0.1) is 0 Å². The lowest BCUT2D eigenvalue weighted by molar-refractivity contribution is 0.222. The lowest BCUT2D eigenvalue weighted by atomic mass is 10.4. The van der Waals surface area contributed by atoms with Gasteiger partial charge in [-0.25, -0.2) is 9.78 Å². The number of aryl methyl sites for hydroxylation is 1. The van der Waals surface area contributed by atoms with Gasteiger partial charge in [-0.05, 0) is 21.0 Å². The number of anilines is 2. The third-order valence-electron chi connectivity index (χ3n) is 2.91. The molecule has 0 spiro atoms. The molecule has 2 amide bonds. The van der Waals surface area contributed by atoms with Crippen molar-refractivity contribution in [1.82, 2.24) is 19.8 Å². The zero-order chi connectivity index (χ0) is 16.2. The van der Waals surface area contributed by atoms with E-state index >= 15 is 0 Å². The average Bonchev–Trinajstić information content (AvgIpc) is 2.37. The molecule has 7 nitrogen and oxygen atoms in total. The number of aromatic nitrogens is 2. The van der Waals surface area contributed by atoms with Gasteiger partial charge in [0.1, 0.15) is 5.82 Å². The van der Waals surface area contributed by atoms with Crippen molar-refractivity contribution in [2.45, 2.75) is 6.92 Å². The van der Waals surface area contributed by atoms with Crippen LogP contribution in [0.3, 0.4) is 0 Å². The molecule has 0 aliphatic heterocycles. The normalized spacial score (nSPS) is 10.7. The molecule has 118 valence electrons. The summed E-state index contributed by atoms with van der Waals surface area (Å²) in [6.45, 7) is 3.19. The van der Waals surface area contributed by atoms with Crippen LogP contribution in [0.15, 0.2) is 6.07 Å². The average molecular weight is 294 g/mol. The molecule has 1 rings (SSSR count). The van der Waals surface area contributed by atoms with Crippen molar-refractivity contribution in [2.24, 2.45) is 0 Å². The number of likely N-dealkylation sites (N-methyl/N-ethyl adjacent to an activating group) is 1. The molecule has 1 aromatic rings. The van der Waals surface area contributed by atoms with Crippen LogP contribution in [-0.2, 0) is 0 Å². The third kappa shape index (κ3) is 4.86. The van der Waals surface area contributed by atoms with E-state index < -0.39 is 0 Å². The number of rotatable bonds is 5. The number of hydrogen-bond donors (Lipinski definition) is 0. The molecule has 0 aliphatic rings. The van der Waals surface area contributed by atoms with Gasteiger partial charge in [0.15, 0.2) is 0 Å². The van der Waals surface area contributed by atoms with E-state index in [1.54, 1.807) is 19.0 Å². The predicted molar refractivity (Wildman–Crippen MR) is 86.1 cm³/mol. The molecular formula is C14H26N6O. The quantitative estimate of drug-likeness (QED) is 0.807. The van der Waals surface area contributed by atoms with Crippen LogP contribution in [0.1, 0.15) is 5.69 Å². The van der Waals surface area contributed by atoms with Crippen molar-refractivity contribution < 1.29 is 4.79 Å². The zero-order valence-corrected chi connectivity index (χ0v) is 14.1. The maximum atomic E-state index is 12.4. The van der Waals surface area contributed by atoms with E-state index in [1.807, 2.05) is 51.0 Å². The number of urea groups is 1. The predicted octanol–water partition coefficient (Wildman–Crippen LogP) is 0.901. The summed E-state index contributed by atoms with van der Waals surface area (Å²) >= 11 is 0. The topological polar surface area (TPSA) is 55.8 Å². The van der Waals surface area contributed by atoms with Crippen molar-refractivity contribution in [1.29, 1.82) is 0 Å². The van der Waals surface area contributed by atoms with Crippen molar-refractivity contribution in [3.63, 3.8) is 0 Å². The van der Waals surface area contributed by atoms with E-state index in [-0.39, 0.29) is 6.03 Å². The molecule has 0 atom stereocenters. The lowest BCUT2D eigenvalue weighted by Crippen LogP contribution is -2.43. The summed E-state index contributed by atoms with van der Waals surface area (Å²) in [7, 11) is 11.2. The lowest BCUT2D eigenvalue weighted by Gasteiger charge is -2.26. The second-order valence-electron chi connectivity index (χ2n) is 5.69. The van der Waals surface area contributed by atoms with Crippen molar-refractivity contribution in [3.05, 3.63) is 11.8 Å². The fourth-order valence-corrected chi connectivity index (χ4v) is 1.71. The summed E-state index contributed by atoms with van der Waals surface area (Å²) in [6.07, 6.45) is 0. The van der Waals surface area contributed by atoms with Crippen LogP contribution < -0.4 is 9.80 Å².